The fourth-order valence-electron chi connectivity index (χ4n) is 2.53. The lowest BCUT2D eigenvalue weighted by Gasteiger charge is -2.11. The molecule has 0 aliphatic rings. The van der Waals surface area contributed by atoms with Gasteiger partial charge in [-0.2, -0.15) is 0 Å². The second kappa shape index (κ2) is 8.84. The standard InChI is InChI=1S/C19H22N4O.HI/c1-13-14(2)24-18(23-13)12-22-19(20-3)21-11-15-8-9-16-6-4-5-7-17(16)10-15;/h4-10H,11-12H2,1-3H3,(H2,20,21,22);1H. The first kappa shape index (κ1) is 19.2. The molecule has 0 saturated carbocycles. The second-order valence-corrected chi connectivity index (χ2v) is 5.71. The van der Waals surface area contributed by atoms with Crippen LogP contribution < -0.4 is 10.6 Å². The zero-order valence-electron chi connectivity index (χ0n) is 14.7. The number of hydrogen-bond donors (Lipinski definition) is 2. The largest absolute Gasteiger partial charge is 0.444 e. The van der Waals surface area contributed by atoms with E-state index >= 15 is 0 Å². The zero-order valence-corrected chi connectivity index (χ0v) is 17.0. The first-order valence-corrected chi connectivity index (χ1v) is 8.01. The Morgan fingerprint density at radius 1 is 1.04 bits per heavy atom. The van der Waals surface area contributed by atoms with Gasteiger partial charge in [0, 0.05) is 13.6 Å². The molecule has 0 aliphatic heterocycles. The van der Waals surface area contributed by atoms with Crippen molar-refractivity contribution in [2.45, 2.75) is 26.9 Å². The van der Waals surface area contributed by atoms with E-state index in [1.807, 2.05) is 13.8 Å². The van der Waals surface area contributed by atoms with Crippen LogP contribution in [0.25, 0.3) is 10.8 Å². The number of guanidine groups is 1. The molecule has 2 N–H and O–H groups in total. The SMILES string of the molecule is CN=C(NCc1ccc2ccccc2c1)NCc1nc(C)c(C)o1.I. The number of halogens is 1. The predicted octanol–water partition coefficient (Wildman–Crippen LogP) is 3.93. The molecule has 132 valence electrons. The highest BCUT2D eigenvalue weighted by Gasteiger charge is 2.06. The number of nitrogens with one attached hydrogen (secondary N) is 2. The summed E-state index contributed by atoms with van der Waals surface area (Å²) in [5.41, 5.74) is 2.13. The van der Waals surface area contributed by atoms with E-state index in [-0.39, 0.29) is 24.0 Å². The highest BCUT2D eigenvalue weighted by Crippen LogP contribution is 2.15. The Bertz CT molecular complexity index is 853. The minimum Gasteiger partial charge on any atom is -0.444 e. The Balaban J connectivity index is 0.00000225. The molecule has 1 heterocycles. The van der Waals surface area contributed by atoms with Gasteiger partial charge in [-0.05, 0) is 36.2 Å². The maximum atomic E-state index is 5.56. The van der Waals surface area contributed by atoms with Crippen LogP contribution >= 0.6 is 24.0 Å². The van der Waals surface area contributed by atoms with Crippen LogP contribution in [-0.2, 0) is 13.1 Å². The van der Waals surface area contributed by atoms with E-state index in [2.05, 4.69) is 63.1 Å². The van der Waals surface area contributed by atoms with Gasteiger partial charge in [0.25, 0.3) is 0 Å². The van der Waals surface area contributed by atoms with E-state index in [4.69, 9.17) is 4.42 Å². The molecule has 3 rings (SSSR count). The van der Waals surface area contributed by atoms with Crippen LogP contribution in [0.5, 0.6) is 0 Å². The normalized spacial score (nSPS) is 11.2. The molecule has 25 heavy (non-hydrogen) atoms. The molecule has 5 nitrogen and oxygen atoms in total. The topological polar surface area (TPSA) is 62.5 Å². The number of nitrogens with zero attached hydrogens (tertiary/aromatic N) is 2. The molecular formula is C19H23IN4O. The van der Waals surface area contributed by atoms with Gasteiger partial charge in [0.15, 0.2) is 5.96 Å². The summed E-state index contributed by atoms with van der Waals surface area (Å²) in [6, 6.07) is 14.8. The molecule has 0 aliphatic carbocycles. The van der Waals surface area contributed by atoms with Crippen molar-refractivity contribution in [2.75, 3.05) is 7.05 Å². The summed E-state index contributed by atoms with van der Waals surface area (Å²) in [4.78, 5) is 8.59. The molecule has 6 heteroatoms. The zero-order chi connectivity index (χ0) is 16.9. The number of aliphatic imine (C=N–C) groups is 1. The van der Waals surface area contributed by atoms with Gasteiger partial charge >= 0.3 is 0 Å². The number of aromatic nitrogens is 1. The van der Waals surface area contributed by atoms with Crippen molar-refractivity contribution in [3.63, 3.8) is 0 Å². The highest BCUT2D eigenvalue weighted by molar-refractivity contribution is 14.0. The molecule has 2 aromatic carbocycles. The maximum absolute atomic E-state index is 5.56. The van der Waals surface area contributed by atoms with Crippen LogP contribution in [0.2, 0.25) is 0 Å². The minimum absolute atomic E-state index is 0. The maximum Gasteiger partial charge on any atom is 0.214 e. The van der Waals surface area contributed by atoms with Crippen molar-refractivity contribution in [3.8, 4) is 0 Å². The van der Waals surface area contributed by atoms with Gasteiger partial charge < -0.3 is 15.1 Å². The average molecular weight is 450 g/mol. The fourth-order valence-corrected chi connectivity index (χ4v) is 2.53. The van der Waals surface area contributed by atoms with Crippen LogP contribution in [0.15, 0.2) is 51.9 Å². The predicted molar refractivity (Wildman–Crippen MR) is 112 cm³/mol. The summed E-state index contributed by atoms with van der Waals surface area (Å²) in [6.45, 7) is 5.06. The van der Waals surface area contributed by atoms with Gasteiger partial charge in [-0.25, -0.2) is 4.98 Å². The van der Waals surface area contributed by atoms with Crippen LogP contribution in [-0.4, -0.2) is 18.0 Å². The van der Waals surface area contributed by atoms with Crippen LogP contribution in [0.3, 0.4) is 0 Å². The molecule has 0 atom stereocenters. The number of rotatable bonds is 4. The van der Waals surface area contributed by atoms with E-state index in [0.717, 1.165) is 17.4 Å². The minimum atomic E-state index is 0. The van der Waals surface area contributed by atoms with Crippen LogP contribution in [0, 0.1) is 13.8 Å². The third-order valence-electron chi connectivity index (χ3n) is 3.98. The Hall–Kier alpha value is -2.09. The lowest BCUT2D eigenvalue weighted by molar-refractivity contribution is 0.463. The average Bonchev–Trinajstić information content (AvgIpc) is 2.93. The van der Waals surface area contributed by atoms with Gasteiger partial charge in [0.2, 0.25) is 5.89 Å². The molecule has 0 fully saturated rings. The van der Waals surface area contributed by atoms with Crippen molar-refractivity contribution in [3.05, 3.63) is 65.4 Å². The van der Waals surface area contributed by atoms with E-state index in [0.29, 0.717) is 19.0 Å². The molecule has 0 bridgehead atoms. The molecule has 0 unspecified atom stereocenters. The summed E-state index contributed by atoms with van der Waals surface area (Å²) in [5.74, 6) is 2.24. The first-order valence-electron chi connectivity index (χ1n) is 8.01. The molecule has 3 aromatic rings. The Morgan fingerprint density at radius 2 is 1.76 bits per heavy atom. The molecule has 0 amide bonds. The number of aryl methyl sites for hydroxylation is 2. The van der Waals surface area contributed by atoms with Crippen molar-refractivity contribution < 1.29 is 4.42 Å². The van der Waals surface area contributed by atoms with E-state index in [9.17, 15) is 0 Å². The number of oxazole rings is 1. The van der Waals surface area contributed by atoms with E-state index in [1.54, 1.807) is 7.05 Å². The molecule has 0 saturated heterocycles. The second-order valence-electron chi connectivity index (χ2n) is 5.71. The van der Waals surface area contributed by atoms with E-state index in [1.165, 1.54) is 16.3 Å². The summed E-state index contributed by atoms with van der Waals surface area (Å²) in [6.07, 6.45) is 0. The lowest BCUT2D eigenvalue weighted by atomic mass is 10.1. The lowest BCUT2D eigenvalue weighted by Crippen LogP contribution is -2.36. The van der Waals surface area contributed by atoms with Crippen molar-refractivity contribution >= 4 is 40.7 Å². The van der Waals surface area contributed by atoms with Gasteiger partial charge in [0.1, 0.15) is 5.76 Å². The molecule has 0 spiro atoms. The third kappa shape index (κ3) is 4.94. The molecule has 0 radical (unpaired) electrons. The van der Waals surface area contributed by atoms with Gasteiger partial charge in [0.05, 0.1) is 12.2 Å². The Morgan fingerprint density at radius 3 is 2.44 bits per heavy atom. The highest BCUT2D eigenvalue weighted by atomic mass is 127. The molecular weight excluding hydrogens is 427 g/mol. The summed E-state index contributed by atoms with van der Waals surface area (Å²) in [5, 5.41) is 9.02. The van der Waals surface area contributed by atoms with Gasteiger partial charge in [-0.15, -0.1) is 24.0 Å². The Kier molecular flexibility index (Phi) is 6.81. The van der Waals surface area contributed by atoms with Crippen molar-refractivity contribution in [1.29, 1.82) is 0 Å². The smallest absolute Gasteiger partial charge is 0.214 e. The monoisotopic (exact) mass is 450 g/mol. The third-order valence-corrected chi connectivity index (χ3v) is 3.98. The summed E-state index contributed by atoms with van der Waals surface area (Å²) in [7, 11) is 1.75. The first-order chi connectivity index (χ1) is 11.7. The van der Waals surface area contributed by atoms with Crippen molar-refractivity contribution in [2.24, 2.45) is 4.99 Å². The Labute approximate surface area is 165 Å². The van der Waals surface area contributed by atoms with Crippen molar-refractivity contribution in [1.82, 2.24) is 15.6 Å². The fraction of sp³-hybridized carbons (Fsp3) is 0.263. The molecule has 1 aromatic heterocycles. The summed E-state index contributed by atoms with van der Waals surface area (Å²) < 4.78 is 5.56. The van der Waals surface area contributed by atoms with Crippen LogP contribution in [0.4, 0.5) is 0 Å². The number of benzene rings is 2. The number of fused-ring (bicyclic) bond motifs is 1. The van der Waals surface area contributed by atoms with Crippen LogP contribution in [0.1, 0.15) is 22.9 Å². The quantitative estimate of drug-likeness (QED) is 0.359. The van der Waals surface area contributed by atoms with E-state index < -0.39 is 0 Å². The van der Waals surface area contributed by atoms with Gasteiger partial charge in [-0.1, -0.05) is 36.4 Å². The van der Waals surface area contributed by atoms with Gasteiger partial charge in [-0.3, -0.25) is 4.99 Å². The number of hydrogen-bond acceptors (Lipinski definition) is 3. The summed E-state index contributed by atoms with van der Waals surface area (Å²) >= 11 is 0.